The average Bonchev–Trinajstić information content (AvgIpc) is 3.26. The fraction of sp³-hybridized carbons (Fsp3) is 0.375. The van der Waals surface area contributed by atoms with Crippen molar-refractivity contribution in [2.45, 2.75) is 49.9 Å². The van der Waals surface area contributed by atoms with E-state index in [1.54, 1.807) is 19.2 Å². The van der Waals surface area contributed by atoms with Crippen LogP contribution in [0.15, 0.2) is 53.7 Å². The van der Waals surface area contributed by atoms with Crippen molar-refractivity contribution >= 4 is 23.4 Å². The van der Waals surface area contributed by atoms with Crippen molar-refractivity contribution in [1.82, 2.24) is 14.8 Å². The maximum Gasteiger partial charge on any atom is 0.316 e. The smallest absolute Gasteiger partial charge is 0.316 e. The predicted molar refractivity (Wildman–Crippen MR) is 125 cm³/mol. The molecule has 3 aromatic rings. The number of thioether (sulfide) groups is 1. The van der Waals surface area contributed by atoms with Gasteiger partial charge in [-0.15, -0.1) is 10.2 Å². The minimum absolute atomic E-state index is 0.0294. The molecule has 1 fully saturated rings. The van der Waals surface area contributed by atoms with E-state index < -0.39 is 0 Å². The number of rotatable bonds is 9. The number of halogens is 1. The van der Waals surface area contributed by atoms with Gasteiger partial charge in [-0.3, -0.25) is 9.36 Å². The SMILES string of the molecule is COc1ccc(-n2c(CNc3ccc(F)cc3)nnc2SCC(=O)OC2CCCCC2)cc1. The van der Waals surface area contributed by atoms with Gasteiger partial charge in [0, 0.05) is 11.4 Å². The Morgan fingerprint density at radius 1 is 1.09 bits per heavy atom. The Labute approximate surface area is 196 Å². The zero-order chi connectivity index (χ0) is 23.0. The number of hydrogen-bond donors (Lipinski definition) is 1. The van der Waals surface area contributed by atoms with Gasteiger partial charge in [0.05, 0.1) is 19.4 Å². The fourth-order valence-electron chi connectivity index (χ4n) is 3.77. The van der Waals surface area contributed by atoms with Crippen LogP contribution in [0.1, 0.15) is 37.9 Å². The molecule has 0 spiro atoms. The quantitative estimate of drug-likeness (QED) is 0.348. The maximum absolute atomic E-state index is 13.2. The molecule has 0 amide bonds. The van der Waals surface area contributed by atoms with Crippen LogP contribution in [0, 0.1) is 5.82 Å². The van der Waals surface area contributed by atoms with E-state index in [1.807, 2.05) is 28.8 Å². The van der Waals surface area contributed by atoms with Crippen LogP contribution in [0.2, 0.25) is 0 Å². The molecule has 9 heteroatoms. The number of nitrogens with one attached hydrogen (secondary N) is 1. The first kappa shape index (κ1) is 23.1. The van der Waals surface area contributed by atoms with Gasteiger partial charge in [0.1, 0.15) is 17.7 Å². The average molecular weight is 471 g/mol. The monoisotopic (exact) mass is 470 g/mol. The number of anilines is 1. The van der Waals surface area contributed by atoms with E-state index in [0.29, 0.717) is 17.5 Å². The maximum atomic E-state index is 13.2. The molecule has 4 rings (SSSR count). The Kier molecular flexibility index (Phi) is 7.83. The Bertz CT molecular complexity index is 1050. The van der Waals surface area contributed by atoms with E-state index in [4.69, 9.17) is 9.47 Å². The summed E-state index contributed by atoms with van der Waals surface area (Å²) < 4.78 is 26.0. The first-order chi connectivity index (χ1) is 16.1. The minimum atomic E-state index is -0.291. The van der Waals surface area contributed by atoms with E-state index in [0.717, 1.165) is 42.8 Å². The lowest BCUT2D eigenvalue weighted by Gasteiger charge is -2.21. The van der Waals surface area contributed by atoms with Gasteiger partial charge in [-0.1, -0.05) is 18.2 Å². The number of aromatic nitrogens is 3. The number of esters is 1. The molecule has 0 unspecified atom stereocenters. The number of carbonyl (C=O) groups excluding carboxylic acids is 1. The number of ether oxygens (including phenoxy) is 2. The van der Waals surface area contributed by atoms with Crippen LogP contribution in [-0.4, -0.2) is 39.7 Å². The lowest BCUT2D eigenvalue weighted by atomic mass is 9.98. The van der Waals surface area contributed by atoms with Crippen LogP contribution in [-0.2, 0) is 16.1 Å². The summed E-state index contributed by atoms with van der Waals surface area (Å²) in [4.78, 5) is 12.4. The number of methoxy groups -OCH3 is 1. The molecular weight excluding hydrogens is 443 g/mol. The number of nitrogens with zero attached hydrogens (tertiary/aromatic N) is 3. The molecule has 1 heterocycles. The van der Waals surface area contributed by atoms with Crippen molar-refractivity contribution in [1.29, 1.82) is 0 Å². The summed E-state index contributed by atoms with van der Waals surface area (Å²) in [5.41, 5.74) is 1.62. The van der Waals surface area contributed by atoms with Crippen LogP contribution in [0.25, 0.3) is 5.69 Å². The van der Waals surface area contributed by atoms with Crippen LogP contribution >= 0.6 is 11.8 Å². The third-order valence-corrected chi connectivity index (χ3v) is 6.40. The second kappa shape index (κ2) is 11.2. The first-order valence-electron chi connectivity index (χ1n) is 11.0. The number of benzene rings is 2. The summed E-state index contributed by atoms with van der Waals surface area (Å²) >= 11 is 1.30. The molecule has 1 saturated carbocycles. The lowest BCUT2D eigenvalue weighted by molar-refractivity contribution is -0.147. The van der Waals surface area contributed by atoms with Gasteiger partial charge in [0.15, 0.2) is 11.0 Å². The summed E-state index contributed by atoms with van der Waals surface area (Å²) in [5.74, 6) is 1.04. The molecule has 1 aliphatic rings. The normalized spacial score (nSPS) is 14.1. The summed E-state index contributed by atoms with van der Waals surface area (Å²) in [6, 6.07) is 13.7. The topological polar surface area (TPSA) is 78.3 Å². The molecule has 174 valence electrons. The van der Waals surface area contributed by atoms with Gasteiger partial charge in [-0.05, 0) is 74.2 Å². The largest absolute Gasteiger partial charge is 0.497 e. The van der Waals surface area contributed by atoms with E-state index in [2.05, 4.69) is 15.5 Å². The predicted octanol–water partition coefficient (Wildman–Crippen LogP) is 5.00. The van der Waals surface area contributed by atoms with Crippen molar-refractivity contribution in [2.24, 2.45) is 0 Å². The molecule has 2 aromatic carbocycles. The van der Waals surface area contributed by atoms with Crippen LogP contribution < -0.4 is 10.1 Å². The Morgan fingerprint density at radius 2 is 1.82 bits per heavy atom. The molecule has 33 heavy (non-hydrogen) atoms. The van der Waals surface area contributed by atoms with Crippen LogP contribution in [0.3, 0.4) is 0 Å². The van der Waals surface area contributed by atoms with E-state index in [-0.39, 0.29) is 23.6 Å². The van der Waals surface area contributed by atoms with Crippen molar-refractivity contribution in [3.63, 3.8) is 0 Å². The summed E-state index contributed by atoms with van der Waals surface area (Å²) in [5, 5.41) is 12.5. The zero-order valence-corrected chi connectivity index (χ0v) is 19.3. The third-order valence-electron chi connectivity index (χ3n) is 5.50. The molecule has 1 aliphatic carbocycles. The highest BCUT2D eigenvalue weighted by Gasteiger charge is 2.20. The van der Waals surface area contributed by atoms with Gasteiger partial charge in [-0.2, -0.15) is 0 Å². The molecule has 1 aromatic heterocycles. The second-order valence-corrected chi connectivity index (χ2v) is 8.77. The molecule has 7 nitrogen and oxygen atoms in total. The van der Waals surface area contributed by atoms with Crippen molar-refractivity contribution in [2.75, 3.05) is 18.2 Å². The van der Waals surface area contributed by atoms with Crippen molar-refractivity contribution < 1.29 is 18.7 Å². The molecular formula is C24H27FN4O3S. The highest BCUT2D eigenvalue weighted by atomic mass is 32.2. The zero-order valence-electron chi connectivity index (χ0n) is 18.5. The number of hydrogen-bond acceptors (Lipinski definition) is 7. The highest BCUT2D eigenvalue weighted by molar-refractivity contribution is 7.99. The van der Waals surface area contributed by atoms with Crippen molar-refractivity contribution in [3.8, 4) is 11.4 Å². The van der Waals surface area contributed by atoms with E-state index in [9.17, 15) is 9.18 Å². The molecule has 0 aliphatic heterocycles. The Morgan fingerprint density at radius 3 is 2.52 bits per heavy atom. The van der Waals surface area contributed by atoms with Gasteiger partial charge in [0.25, 0.3) is 0 Å². The number of carbonyl (C=O) groups is 1. The van der Waals surface area contributed by atoms with Gasteiger partial charge in [0.2, 0.25) is 0 Å². The summed E-state index contributed by atoms with van der Waals surface area (Å²) in [6.45, 7) is 0.373. The second-order valence-electron chi connectivity index (χ2n) is 7.83. The molecule has 0 saturated heterocycles. The summed E-state index contributed by atoms with van der Waals surface area (Å²) in [6.07, 6.45) is 5.35. The Balaban J connectivity index is 1.48. The molecule has 0 bridgehead atoms. The van der Waals surface area contributed by atoms with Gasteiger partial charge in [-0.25, -0.2) is 4.39 Å². The third kappa shape index (κ3) is 6.25. The highest BCUT2D eigenvalue weighted by Crippen LogP contribution is 2.26. The first-order valence-corrected chi connectivity index (χ1v) is 12.0. The van der Waals surface area contributed by atoms with Crippen molar-refractivity contribution in [3.05, 3.63) is 60.2 Å². The fourth-order valence-corrected chi connectivity index (χ4v) is 4.53. The standard InChI is InChI=1S/C24H27FN4O3S/c1-31-20-13-11-19(12-14-20)29-22(15-26-18-9-7-17(25)8-10-18)27-28-24(29)33-16-23(30)32-21-5-3-2-4-6-21/h7-14,21,26H,2-6,15-16H2,1H3. The minimum Gasteiger partial charge on any atom is -0.497 e. The van der Waals surface area contributed by atoms with Crippen LogP contribution in [0.5, 0.6) is 5.75 Å². The van der Waals surface area contributed by atoms with Gasteiger partial charge < -0.3 is 14.8 Å². The van der Waals surface area contributed by atoms with Crippen LogP contribution in [0.4, 0.5) is 10.1 Å². The molecule has 0 atom stereocenters. The molecule has 0 radical (unpaired) electrons. The van der Waals surface area contributed by atoms with E-state index >= 15 is 0 Å². The van der Waals surface area contributed by atoms with E-state index in [1.165, 1.54) is 30.3 Å². The lowest BCUT2D eigenvalue weighted by Crippen LogP contribution is -2.22. The summed E-state index contributed by atoms with van der Waals surface area (Å²) in [7, 11) is 1.62. The van der Waals surface area contributed by atoms with Gasteiger partial charge >= 0.3 is 5.97 Å². The molecule has 1 N–H and O–H groups in total. The Hall–Kier alpha value is -3.07.